The maximum Gasteiger partial charge on any atom is 0.422 e. The average molecular weight is 510 g/mol. The van der Waals surface area contributed by atoms with Gasteiger partial charge in [0.1, 0.15) is 10.8 Å². The largest absolute Gasteiger partial charge is 0.475 e. The molecule has 0 spiro atoms. The van der Waals surface area contributed by atoms with Crippen molar-refractivity contribution >= 4 is 29.2 Å². The molecule has 1 aromatic heterocycles. The van der Waals surface area contributed by atoms with Crippen LogP contribution in [0.4, 0.5) is 13.2 Å². The van der Waals surface area contributed by atoms with Crippen molar-refractivity contribution in [2.24, 2.45) is 0 Å². The van der Waals surface area contributed by atoms with Crippen molar-refractivity contribution in [2.75, 3.05) is 6.61 Å². The number of nitrogens with one attached hydrogen (secondary N) is 1. The molecule has 0 aliphatic heterocycles. The summed E-state index contributed by atoms with van der Waals surface area (Å²) < 4.78 is 53.0. The van der Waals surface area contributed by atoms with Crippen LogP contribution in [0, 0.1) is 6.92 Å². The highest BCUT2D eigenvalue weighted by Gasteiger charge is 2.59. The summed E-state index contributed by atoms with van der Waals surface area (Å²) in [4.78, 5) is 25.9. The fraction of sp³-hybridized carbons (Fsp3) is 0.455. The van der Waals surface area contributed by atoms with Gasteiger partial charge in [0, 0.05) is 23.2 Å². The molecule has 2 aromatic rings. The van der Waals surface area contributed by atoms with Crippen LogP contribution in [0.5, 0.6) is 5.75 Å². The number of alkyl halides is 3. The van der Waals surface area contributed by atoms with Gasteiger partial charge in [0.25, 0.3) is 5.56 Å². The van der Waals surface area contributed by atoms with Gasteiger partial charge >= 0.3 is 12.1 Å². The standard InChI is InChI=1S/C22H24Cl2F3NO5/c1-6-32-19(30)20(4,5)33-15-8-7-14(16(23)17(15)24)12(3)21(31,22(25,26)27)13-9-11(2)18(29)28-10-13/h7-10,12,31H,6H2,1-5H3,(H,28,29). The van der Waals surface area contributed by atoms with E-state index < -0.39 is 40.4 Å². The summed E-state index contributed by atoms with van der Waals surface area (Å²) in [5, 5.41) is 10.4. The first-order chi connectivity index (χ1) is 15.1. The fourth-order valence-corrected chi connectivity index (χ4v) is 3.81. The van der Waals surface area contributed by atoms with Crippen LogP contribution in [0.15, 0.2) is 29.2 Å². The maximum atomic E-state index is 14.2. The lowest BCUT2D eigenvalue weighted by atomic mass is 9.78. The van der Waals surface area contributed by atoms with Crippen LogP contribution in [0.25, 0.3) is 0 Å². The topological polar surface area (TPSA) is 88.6 Å². The van der Waals surface area contributed by atoms with E-state index >= 15 is 0 Å². The Hall–Kier alpha value is -2.23. The summed E-state index contributed by atoms with van der Waals surface area (Å²) >= 11 is 12.6. The third-order valence-electron chi connectivity index (χ3n) is 5.26. The number of pyridine rings is 1. The number of rotatable bonds is 7. The minimum Gasteiger partial charge on any atom is -0.475 e. The quantitative estimate of drug-likeness (QED) is 0.496. The highest BCUT2D eigenvalue weighted by atomic mass is 35.5. The second kappa shape index (κ2) is 9.56. The van der Waals surface area contributed by atoms with Crippen molar-refractivity contribution < 1.29 is 32.5 Å². The Bertz CT molecular complexity index is 1100. The van der Waals surface area contributed by atoms with E-state index in [9.17, 15) is 27.9 Å². The van der Waals surface area contributed by atoms with Gasteiger partial charge < -0.3 is 19.6 Å². The predicted molar refractivity (Wildman–Crippen MR) is 118 cm³/mol. The van der Waals surface area contributed by atoms with Gasteiger partial charge in [-0.2, -0.15) is 13.2 Å². The molecule has 1 aromatic carbocycles. The monoisotopic (exact) mass is 509 g/mol. The van der Waals surface area contributed by atoms with Crippen LogP contribution in [0.1, 0.15) is 50.3 Å². The Labute approximate surface area is 198 Å². The number of benzene rings is 1. The molecule has 182 valence electrons. The number of aromatic nitrogens is 1. The molecule has 0 fully saturated rings. The first-order valence-corrected chi connectivity index (χ1v) is 10.7. The SMILES string of the molecule is CCOC(=O)C(C)(C)Oc1ccc(C(C)C(O)(c2c[nH]c(=O)c(C)c2)C(F)(F)F)c(Cl)c1Cl. The molecule has 0 saturated heterocycles. The number of aromatic amines is 1. The van der Waals surface area contributed by atoms with Crippen molar-refractivity contribution in [3.8, 4) is 5.75 Å². The van der Waals surface area contributed by atoms with E-state index in [4.69, 9.17) is 32.7 Å². The minimum atomic E-state index is -5.13. The Morgan fingerprint density at radius 1 is 1.21 bits per heavy atom. The number of halogens is 5. The molecule has 0 aliphatic carbocycles. The second-order valence-corrected chi connectivity index (χ2v) is 8.76. The summed E-state index contributed by atoms with van der Waals surface area (Å²) in [6.45, 7) is 7.08. The van der Waals surface area contributed by atoms with E-state index in [0.717, 1.165) is 19.2 Å². The fourth-order valence-electron chi connectivity index (χ4n) is 3.28. The predicted octanol–water partition coefficient (Wildman–Crippen LogP) is 5.26. The third-order valence-corrected chi connectivity index (χ3v) is 6.14. The lowest BCUT2D eigenvalue weighted by Gasteiger charge is -2.37. The smallest absolute Gasteiger partial charge is 0.422 e. The summed E-state index contributed by atoms with van der Waals surface area (Å²) in [6.07, 6.45) is -4.32. The molecular weight excluding hydrogens is 486 g/mol. The van der Waals surface area contributed by atoms with Crippen molar-refractivity contribution in [3.63, 3.8) is 0 Å². The van der Waals surface area contributed by atoms with Crippen LogP contribution >= 0.6 is 23.2 Å². The highest BCUT2D eigenvalue weighted by Crippen LogP contribution is 2.51. The number of hydrogen-bond donors (Lipinski definition) is 2. The molecule has 0 aliphatic rings. The number of aryl methyl sites for hydroxylation is 1. The molecule has 2 atom stereocenters. The van der Waals surface area contributed by atoms with Gasteiger partial charge in [-0.15, -0.1) is 0 Å². The van der Waals surface area contributed by atoms with Crippen molar-refractivity contribution in [1.29, 1.82) is 0 Å². The molecule has 0 bridgehead atoms. The lowest BCUT2D eigenvalue weighted by Crippen LogP contribution is -2.47. The highest BCUT2D eigenvalue weighted by molar-refractivity contribution is 6.43. The molecule has 2 unspecified atom stereocenters. The summed E-state index contributed by atoms with van der Waals surface area (Å²) in [5.41, 5.74) is -6.11. The zero-order valence-corrected chi connectivity index (χ0v) is 20.1. The van der Waals surface area contributed by atoms with Gasteiger partial charge in [-0.1, -0.05) is 36.2 Å². The van der Waals surface area contributed by atoms with Crippen LogP contribution in [-0.4, -0.2) is 34.4 Å². The molecule has 0 amide bonds. The van der Waals surface area contributed by atoms with Crippen molar-refractivity contribution in [1.82, 2.24) is 4.98 Å². The summed E-state index contributed by atoms with van der Waals surface area (Å²) in [6, 6.07) is 3.46. The van der Waals surface area contributed by atoms with Gasteiger partial charge in [0.05, 0.1) is 11.6 Å². The number of hydrogen-bond acceptors (Lipinski definition) is 5. The minimum absolute atomic E-state index is 0.00329. The molecule has 1 heterocycles. The van der Waals surface area contributed by atoms with Crippen LogP contribution < -0.4 is 10.3 Å². The Kier molecular flexibility index (Phi) is 7.83. The molecule has 11 heteroatoms. The van der Waals surface area contributed by atoms with E-state index in [1.165, 1.54) is 32.9 Å². The summed E-state index contributed by atoms with van der Waals surface area (Å²) in [7, 11) is 0. The Morgan fingerprint density at radius 3 is 2.33 bits per heavy atom. The third kappa shape index (κ3) is 5.15. The Morgan fingerprint density at radius 2 is 1.82 bits per heavy atom. The van der Waals surface area contributed by atoms with Crippen molar-refractivity contribution in [2.45, 2.75) is 57.9 Å². The average Bonchev–Trinajstić information content (AvgIpc) is 2.71. The molecule has 33 heavy (non-hydrogen) atoms. The van der Waals surface area contributed by atoms with Crippen LogP contribution in [0.3, 0.4) is 0 Å². The number of carbonyl (C=O) groups excluding carboxylic acids is 1. The summed E-state index contributed by atoms with van der Waals surface area (Å²) in [5.74, 6) is -2.36. The zero-order chi connectivity index (χ0) is 25.4. The second-order valence-electron chi connectivity index (χ2n) is 8.00. The molecular formula is C22H24Cl2F3NO5. The number of carbonyl (C=O) groups is 1. The molecule has 0 radical (unpaired) electrons. The van der Waals surface area contributed by atoms with E-state index in [2.05, 4.69) is 4.98 Å². The first-order valence-electron chi connectivity index (χ1n) is 9.91. The number of esters is 1. The molecule has 2 rings (SSSR count). The lowest BCUT2D eigenvalue weighted by molar-refractivity contribution is -0.274. The molecule has 2 N–H and O–H groups in total. The zero-order valence-electron chi connectivity index (χ0n) is 18.6. The van der Waals surface area contributed by atoms with Gasteiger partial charge in [-0.25, -0.2) is 4.79 Å². The first kappa shape index (κ1) is 27.0. The number of H-pyrrole nitrogens is 1. The van der Waals surface area contributed by atoms with Gasteiger partial charge in [0.2, 0.25) is 0 Å². The van der Waals surface area contributed by atoms with E-state index in [1.807, 2.05) is 0 Å². The molecule has 6 nitrogen and oxygen atoms in total. The van der Waals surface area contributed by atoms with E-state index in [1.54, 1.807) is 6.92 Å². The van der Waals surface area contributed by atoms with Crippen molar-refractivity contribution in [3.05, 3.63) is 61.5 Å². The van der Waals surface area contributed by atoms with Gasteiger partial charge in [-0.3, -0.25) is 4.79 Å². The van der Waals surface area contributed by atoms with Crippen LogP contribution in [0.2, 0.25) is 10.0 Å². The normalized spacial score (nSPS) is 15.0. The van der Waals surface area contributed by atoms with Gasteiger partial charge in [-0.05, 0) is 45.4 Å². The van der Waals surface area contributed by atoms with Crippen LogP contribution in [-0.2, 0) is 15.1 Å². The number of aliphatic hydroxyl groups is 1. The maximum absolute atomic E-state index is 14.2. The molecule has 0 saturated carbocycles. The Balaban J connectivity index is 2.56. The van der Waals surface area contributed by atoms with E-state index in [0.29, 0.717) is 0 Å². The van der Waals surface area contributed by atoms with E-state index in [-0.39, 0.29) is 33.5 Å². The number of ether oxygens (including phenoxy) is 2. The van der Waals surface area contributed by atoms with Gasteiger partial charge in [0.15, 0.2) is 11.2 Å².